The van der Waals surface area contributed by atoms with Crippen molar-refractivity contribution in [3.8, 4) is 0 Å². The molecule has 1 nitrogen and oxygen atoms in total. The van der Waals surface area contributed by atoms with Gasteiger partial charge in [0.25, 0.3) is 0 Å². The van der Waals surface area contributed by atoms with Gasteiger partial charge in [-0.25, -0.2) is 4.39 Å². The first kappa shape index (κ1) is 30.9. The Kier molecular flexibility index (Phi) is 29.6. The standard InChI is InChI=1S/C9H11F.C3H9N.3CH4.Y/c1-7(2)8-3-5-9(10)6-4-8;1-3(2)4;;;;/h3-7H,1-2H3;3H,4H2,1-2H3;3*1H4;. The Morgan fingerprint density at radius 2 is 1.17 bits per heavy atom. The molecule has 0 spiro atoms. The van der Waals surface area contributed by atoms with Crippen molar-refractivity contribution in [2.24, 2.45) is 5.73 Å². The van der Waals surface area contributed by atoms with Gasteiger partial charge in [0.2, 0.25) is 0 Å². The molecule has 3 heteroatoms. The van der Waals surface area contributed by atoms with E-state index in [4.69, 9.17) is 5.73 Å². The van der Waals surface area contributed by atoms with Gasteiger partial charge in [-0.2, -0.15) is 0 Å². The van der Waals surface area contributed by atoms with Crippen molar-refractivity contribution < 1.29 is 37.1 Å². The van der Waals surface area contributed by atoms with Crippen LogP contribution in [-0.4, -0.2) is 6.04 Å². The molecule has 0 unspecified atom stereocenters. The summed E-state index contributed by atoms with van der Waals surface area (Å²) in [6.07, 6.45) is 0. The smallest absolute Gasteiger partial charge is 0.123 e. The van der Waals surface area contributed by atoms with Crippen molar-refractivity contribution in [1.29, 1.82) is 0 Å². The molecular formula is C15H32FNY. The van der Waals surface area contributed by atoms with Crippen LogP contribution in [0.2, 0.25) is 0 Å². The minimum Gasteiger partial charge on any atom is -0.328 e. The molecule has 0 heterocycles. The van der Waals surface area contributed by atoms with Gasteiger partial charge < -0.3 is 5.73 Å². The Labute approximate surface area is 140 Å². The third-order valence-corrected chi connectivity index (χ3v) is 1.54. The summed E-state index contributed by atoms with van der Waals surface area (Å²) in [7, 11) is 0. The van der Waals surface area contributed by atoms with Crippen LogP contribution in [0.1, 0.15) is 61.5 Å². The average Bonchev–Trinajstić information content (AvgIpc) is 2.03. The number of halogens is 1. The van der Waals surface area contributed by atoms with E-state index >= 15 is 0 Å². The van der Waals surface area contributed by atoms with E-state index in [1.54, 1.807) is 0 Å². The van der Waals surface area contributed by atoms with E-state index in [0.717, 1.165) is 0 Å². The maximum Gasteiger partial charge on any atom is 0.123 e. The molecule has 1 rings (SSSR count). The van der Waals surface area contributed by atoms with Gasteiger partial charge in [-0.1, -0.05) is 62.1 Å². The molecule has 0 aliphatic heterocycles. The fraction of sp³-hybridized carbons (Fsp3) is 0.600. The van der Waals surface area contributed by atoms with E-state index in [-0.39, 0.29) is 60.8 Å². The van der Waals surface area contributed by atoms with Crippen LogP contribution in [0, 0.1) is 5.82 Å². The molecule has 1 aromatic rings. The van der Waals surface area contributed by atoms with Gasteiger partial charge in [0, 0.05) is 32.7 Å². The van der Waals surface area contributed by atoms with E-state index in [1.165, 1.54) is 17.7 Å². The Hall–Kier alpha value is 0.214. The summed E-state index contributed by atoms with van der Waals surface area (Å²) < 4.78 is 12.4. The zero-order chi connectivity index (χ0) is 11.1. The van der Waals surface area contributed by atoms with Crippen LogP contribution in [0.4, 0.5) is 4.39 Å². The number of benzene rings is 1. The quantitative estimate of drug-likeness (QED) is 0.750. The normalized spacial score (nSPS) is 7.78. The van der Waals surface area contributed by atoms with Gasteiger partial charge in [0.05, 0.1) is 0 Å². The van der Waals surface area contributed by atoms with Crippen molar-refractivity contribution in [2.75, 3.05) is 0 Å². The fourth-order valence-electron chi connectivity index (χ4n) is 0.848. The van der Waals surface area contributed by atoms with Crippen LogP contribution < -0.4 is 5.73 Å². The molecule has 18 heavy (non-hydrogen) atoms. The molecule has 1 aromatic carbocycles. The van der Waals surface area contributed by atoms with E-state index in [2.05, 4.69) is 13.8 Å². The fourth-order valence-corrected chi connectivity index (χ4v) is 0.848. The van der Waals surface area contributed by atoms with Crippen LogP contribution in [-0.2, 0) is 32.7 Å². The molecule has 0 bridgehead atoms. The summed E-state index contributed by atoms with van der Waals surface area (Å²) in [5.41, 5.74) is 6.29. The third kappa shape index (κ3) is 18.6. The van der Waals surface area contributed by atoms with Crippen LogP contribution in [0.3, 0.4) is 0 Å². The maximum atomic E-state index is 12.4. The second-order valence-corrected chi connectivity index (χ2v) is 3.95. The molecule has 0 fully saturated rings. The van der Waals surface area contributed by atoms with E-state index < -0.39 is 0 Å². The Balaban J connectivity index is -0.0000000635. The van der Waals surface area contributed by atoms with Gasteiger partial charge in [-0.3, -0.25) is 0 Å². The minimum atomic E-state index is -0.163. The molecule has 107 valence electrons. The summed E-state index contributed by atoms with van der Waals surface area (Å²) >= 11 is 0. The monoisotopic (exact) mass is 334 g/mol. The second kappa shape index (κ2) is 17.2. The summed E-state index contributed by atoms with van der Waals surface area (Å²) in [5.74, 6) is 0.324. The van der Waals surface area contributed by atoms with E-state index in [0.29, 0.717) is 12.0 Å². The van der Waals surface area contributed by atoms with Gasteiger partial charge in [-0.05, 0) is 29.7 Å². The van der Waals surface area contributed by atoms with Gasteiger partial charge >= 0.3 is 0 Å². The first-order chi connectivity index (χ1) is 6.43. The second-order valence-electron chi connectivity index (χ2n) is 3.95. The van der Waals surface area contributed by atoms with E-state index in [9.17, 15) is 4.39 Å². The minimum absolute atomic E-state index is 0. The van der Waals surface area contributed by atoms with Crippen molar-refractivity contribution in [3.05, 3.63) is 35.6 Å². The molecule has 0 aliphatic rings. The summed E-state index contributed by atoms with van der Waals surface area (Å²) in [4.78, 5) is 0. The molecular weight excluding hydrogens is 302 g/mol. The average molecular weight is 334 g/mol. The predicted molar refractivity (Wildman–Crippen MR) is 80.0 cm³/mol. The number of rotatable bonds is 1. The first-order valence-corrected chi connectivity index (χ1v) is 4.94. The van der Waals surface area contributed by atoms with Gasteiger partial charge in [0.15, 0.2) is 0 Å². The van der Waals surface area contributed by atoms with Crippen molar-refractivity contribution in [2.45, 2.75) is 61.9 Å². The van der Waals surface area contributed by atoms with Crippen molar-refractivity contribution in [1.82, 2.24) is 0 Å². The number of hydrogen-bond acceptors (Lipinski definition) is 1. The van der Waals surface area contributed by atoms with Gasteiger partial charge in [0.1, 0.15) is 5.82 Å². The molecule has 0 aliphatic carbocycles. The molecule has 1 radical (unpaired) electrons. The summed E-state index contributed by atoms with van der Waals surface area (Å²) in [6, 6.07) is 6.96. The Bertz CT molecular complexity index is 242. The summed E-state index contributed by atoms with van der Waals surface area (Å²) in [5, 5.41) is 0. The van der Waals surface area contributed by atoms with Crippen molar-refractivity contribution >= 4 is 0 Å². The van der Waals surface area contributed by atoms with E-state index in [1.807, 2.05) is 26.0 Å². The molecule has 0 saturated heterocycles. The van der Waals surface area contributed by atoms with Crippen molar-refractivity contribution in [3.63, 3.8) is 0 Å². The number of hydrogen-bond donors (Lipinski definition) is 1. The summed E-state index contributed by atoms with van der Waals surface area (Å²) in [6.45, 7) is 8.07. The van der Waals surface area contributed by atoms with Gasteiger partial charge in [-0.15, -0.1) is 0 Å². The Morgan fingerprint density at radius 1 is 0.889 bits per heavy atom. The largest absolute Gasteiger partial charge is 0.328 e. The topological polar surface area (TPSA) is 26.0 Å². The predicted octanol–water partition coefficient (Wildman–Crippen LogP) is 5.21. The zero-order valence-corrected chi connectivity index (χ0v) is 12.8. The Morgan fingerprint density at radius 3 is 1.39 bits per heavy atom. The van der Waals surface area contributed by atoms with Crippen LogP contribution in [0.5, 0.6) is 0 Å². The maximum absolute atomic E-state index is 12.4. The molecule has 0 saturated carbocycles. The molecule has 0 atom stereocenters. The van der Waals surface area contributed by atoms with Crippen LogP contribution in [0.15, 0.2) is 24.3 Å². The molecule has 0 aromatic heterocycles. The van der Waals surface area contributed by atoms with Crippen LogP contribution >= 0.6 is 0 Å². The SMILES string of the molecule is C.C.C.CC(C)N.CC(C)c1ccc(F)cc1.[Y]. The molecule has 0 amide bonds. The zero-order valence-electron chi connectivity index (χ0n) is 10.00. The molecule has 2 N–H and O–H groups in total. The van der Waals surface area contributed by atoms with Crippen LogP contribution in [0.25, 0.3) is 0 Å². The third-order valence-electron chi connectivity index (χ3n) is 1.54. The first-order valence-electron chi connectivity index (χ1n) is 4.94. The number of nitrogens with two attached hydrogens (primary N) is 1.